The number of hydrogen-bond donors (Lipinski definition) is 3. The lowest BCUT2D eigenvalue weighted by Crippen LogP contribution is -2.28. The van der Waals surface area contributed by atoms with Gasteiger partial charge in [0.2, 0.25) is 0 Å². The standard InChI is InChI=1S/C14H20ClNO4/c1-8-5-9(15)6-10(13(8)18)11(16-19)7-12(17)20-14(2,3)4/h5-6,11,16,18-19H,7H2,1-4H3. The lowest BCUT2D eigenvalue weighted by molar-refractivity contribution is -0.156. The topological polar surface area (TPSA) is 78.8 Å². The first kappa shape index (κ1) is 16.8. The number of aromatic hydroxyl groups is 1. The maximum atomic E-state index is 11.8. The van der Waals surface area contributed by atoms with Crippen molar-refractivity contribution in [2.24, 2.45) is 0 Å². The number of nitrogens with one attached hydrogen (secondary N) is 1. The molecule has 0 saturated heterocycles. The van der Waals surface area contributed by atoms with E-state index in [0.717, 1.165) is 0 Å². The Balaban J connectivity index is 2.95. The van der Waals surface area contributed by atoms with Gasteiger partial charge in [-0.1, -0.05) is 11.6 Å². The van der Waals surface area contributed by atoms with Gasteiger partial charge in [0.15, 0.2) is 0 Å². The predicted octanol–water partition coefficient (Wildman–Crippen LogP) is 3.11. The summed E-state index contributed by atoms with van der Waals surface area (Å²) in [6.45, 7) is 6.96. The summed E-state index contributed by atoms with van der Waals surface area (Å²) in [5.41, 5.74) is 2.32. The van der Waals surface area contributed by atoms with Crippen molar-refractivity contribution in [1.29, 1.82) is 0 Å². The summed E-state index contributed by atoms with van der Waals surface area (Å²) in [5.74, 6) is -0.495. The molecule has 6 heteroatoms. The number of phenolic OH excluding ortho intramolecular Hbond substituents is 1. The van der Waals surface area contributed by atoms with Crippen molar-refractivity contribution in [2.75, 3.05) is 0 Å². The number of ether oxygens (including phenoxy) is 1. The van der Waals surface area contributed by atoms with E-state index in [4.69, 9.17) is 16.3 Å². The van der Waals surface area contributed by atoms with Gasteiger partial charge in [0.25, 0.3) is 0 Å². The maximum Gasteiger partial charge on any atom is 0.308 e. The highest BCUT2D eigenvalue weighted by Crippen LogP contribution is 2.32. The second kappa shape index (κ2) is 6.43. The first-order valence-corrected chi connectivity index (χ1v) is 6.62. The highest BCUT2D eigenvalue weighted by molar-refractivity contribution is 6.30. The summed E-state index contributed by atoms with van der Waals surface area (Å²) in [4.78, 5) is 11.8. The molecule has 1 rings (SSSR count). The number of esters is 1. The Labute approximate surface area is 123 Å². The van der Waals surface area contributed by atoms with Gasteiger partial charge in [0.1, 0.15) is 11.4 Å². The van der Waals surface area contributed by atoms with E-state index in [1.807, 2.05) is 5.48 Å². The fourth-order valence-electron chi connectivity index (χ4n) is 1.80. The first-order valence-electron chi connectivity index (χ1n) is 6.24. The average Bonchev–Trinajstić information content (AvgIpc) is 2.28. The summed E-state index contributed by atoms with van der Waals surface area (Å²) in [5, 5.41) is 19.6. The molecule has 5 nitrogen and oxygen atoms in total. The van der Waals surface area contributed by atoms with Crippen molar-refractivity contribution in [3.8, 4) is 5.75 Å². The van der Waals surface area contributed by atoms with Crippen LogP contribution < -0.4 is 5.48 Å². The summed E-state index contributed by atoms with van der Waals surface area (Å²) in [6.07, 6.45) is -0.124. The minimum atomic E-state index is -0.790. The lowest BCUT2D eigenvalue weighted by Gasteiger charge is -2.22. The number of carbonyl (C=O) groups is 1. The van der Waals surface area contributed by atoms with Gasteiger partial charge in [-0.15, -0.1) is 0 Å². The van der Waals surface area contributed by atoms with E-state index in [1.54, 1.807) is 33.8 Å². The molecule has 0 saturated carbocycles. The van der Waals surface area contributed by atoms with Crippen LogP contribution in [0.25, 0.3) is 0 Å². The fraction of sp³-hybridized carbons (Fsp3) is 0.500. The largest absolute Gasteiger partial charge is 0.507 e. The van der Waals surface area contributed by atoms with Crippen LogP contribution in [0.15, 0.2) is 12.1 Å². The van der Waals surface area contributed by atoms with Gasteiger partial charge in [-0.2, -0.15) is 5.48 Å². The molecule has 0 bridgehead atoms. The molecule has 0 aliphatic heterocycles. The number of halogens is 1. The van der Waals surface area contributed by atoms with Crippen molar-refractivity contribution in [2.45, 2.75) is 45.8 Å². The van der Waals surface area contributed by atoms with Crippen molar-refractivity contribution in [3.63, 3.8) is 0 Å². The number of aryl methyl sites for hydroxylation is 1. The number of hydrogen-bond acceptors (Lipinski definition) is 5. The first-order chi connectivity index (χ1) is 9.14. The van der Waals surface area contributed by atoms with Crippen LogP contribution >= 0.6 is 11.6 Å². The molecule has 0 amide bonds. The smallest absolute Gasteiger partial charge is 0.308 e. The highest BCUT2D eigenvalue weighted by atomic mass is 35.5. The normalized spacial score (nSPS) is 13.1. The molecule has 0 spiro atoms. The Morgan fingerprint density at radius 3 is 2.55 bits per heavy atom. The van der Waals surface area contributed by atoms with Gasteiger partial charge in [0, 0.05) is 10.6 Å². The fourth-order valence-corrected chi connectivity index (χ4v) is 2.08. The summed E-state index contributed by atoms with van der Waals surface area (Å²) in [7, 11) is 0. The molecule has 0 radical (unpaired) electrons. The zero-order chi connectivity index (χ0) is 15.5. The van der Waals surface area contributed by atoms with Crippen molar-refractivity contribution < 1.29 is 19.8 Å². The van der Waals surface area contributed by atoms with Crippen LogP contribution in [-0.2, 0) is 9.53 Å². The van der Waals surface area contributed by atoms with Crippen LogP contribution in [0.1, 0.15) is 44.4 Å². The Morgan fingerprint density at radius 1 is 1.45 bits per heavy atom. The highest BCUT2D eigenvalue weighted by Gasteiger charge is 2.24. The Bertz CT molecular complexity index is 497. The SMILES string of the molecule is Cc1cc(Cl)cc(C(CC(=O)OC(C)(C)C)NO)c1O. The van der Waals surface area contributed by atoms with Crippen LogP contribution in [0.3, 0.4) is 0 Å². The molecule has 1 atom stereocenters. The van der Waals surface area contributed by atoms with Gasteiger partial charge in [-0.05, 0) is 45.4 Å². The second-order valence-electron chi connectivity index (χ2n) is 5.63. The predicted molar refractivity (Wildman–Crippen MR) is 76.0 cm³/mol. The summed E-state index contributed by atoms with van der Waals surface area (Å²) < 4.78 is 5.19. The van der Waals surface area contributed by atoms with Crippen LogP contribution in [0.4, 0.5) is 0 Å². The zero-order valence-electron chi connectivity index (χ0n) is 12.0. The molecule has 0 heterocycles. The van der Waals surface area contributed by atoms with Crippen LogP contribution in [0, 0.1) is 6.92 Å². The van der Waals surface area contributed by atoms with Gasteiger partial charge < -0.3 is 15.1 Å². The number of carbonyl (C=O) groups excluding carboxylic acids is 1. The number of benzene rings is 1. The van der Waals surface area contributed by atoms with Gasteiger partial charge in [0.05, 0.1) is 12.5 Å². The van der Waals surface area contributed by atoms with Crippen molar-refractivity contribution in [3.05, 3.63) is 28.3 Å². The molecule has 1 unspecified atom stereocenters. The number of hydroxylamine groups is 1. The molecular formula is C14H20ClNO4. The molecule has 112 valence electrons. The quantitative estimate of drug-likeness (QED) is 0.588. The van der Waals surface area contributed by atoms with E-state index in [1.165, 1.54) is 6.07 Å². The molecule has 0 aliphatic rings. The van der Waals surface area contributed by atoms with E-state index >= 15 is 0 Å². The summed E-state index contributed by atoms with van der Waals surface area (Å²) in [6, 6.07) is 2.31. The second-order valence-corrected chi connectivity index (χ2v) is 6.07. The van der Waals surface area contributed by atoms with Crippen molar-refractivity contribution in [1.82, 2.24) is 5.48 Å². The summed E-state index contributed by atoms with van der Waals surface area (Å²) >= 11 is 5.93. The third kappa shape index (κ3) is 4.67. The number of rotatable bonds is 4. The van der Waals surface area contributed by atoms with Crippen molar-refractivity contribution >= 4 is 17.6 Å². The van der Waals surface area contributed by atoms with Crippen LogP contribution in [-0.4, -0.2) is 21.9 Å². The average molecular weight is 302 g/mol. The molecular weight excluding hydrogens is 282 g/mol. The molecule has 20 heavy (non-hydrogen) atoms. The third-order valence-electron chi connectivity index (χ3n) is 2.62. The van der Waals surface area contributed by atoms with E-state index in [0.29, 0.717) is 16.1 Å². The van der Waals surface area contributed by atoms with Gasteiger partial charge in [-0.3, -0.25) is 4.79 Å². The Morgan fingerprint density at radius 2 is 2.05 bits per heavy atom. The molecule has 1 aromatic rings. The molecule has 3 N–H and O–H groups in total. The third-order valence-corrected chi connectivity index (χ3v) is 2.84. The molecule has 0 aromatic heterocycles. The van der Waals surface area contributed by atoms with Crippen LogP contribution in [0.2, 0.25) is 5.02 Å². The Hall–Kier alpha value is -1.30. The minimum absolute atomic E-state index is 0.00971. The molecule has 1 aromatic carbocycles. The lowest BCUT2D eigenvalue weighted by atomic mass is 10.0. The Kier molecular flexibility index (Phi) is 5.39. The monoisotopic (exact) mass is 301 g/mol. The maximum absolute atomic E-state index is 11.8. The molecule has 0 fully saturated rings. The van der Waals surface area contributed by atoms with Crippen LogP contribution in [0.5, 0.6) is 5.75 Å². The van der Waals surface area contributed by atoms with E-state index < -0.39 is 17.6 Å². The molecule has 0 aliphatic carbocycles. The van der Waals surface area contributed by atoms with Gasteiger partial charge in [-0.25, -0.2) is 0 Å². The minimum Gasteiger partial charge on any atom is -0.507 e. The van der Waals surface area contributed by atoms with E-state index in [2.05, 4.69) is 0 Å². The van der Waals surface area contributed by atoms with E-state index in [-0.39, 0.29) is 12.2 Å². The van der Waals surface area contributed by atoms with E-state index in [9.17, 15) is 15.1 Å². The number of phenols is 1. The van der Waals surface area contributed by atoms with Gasteiger partial charge >= 0.3 is 5.97 Å². The zero-order valence-corrected chi connectivity index (χ0v) is 12.8.